The van der Waals surface area contributed by atoms with E-state index in [1.807, 2.05) is 0 Å². The molecule has 0 aromatic rings. The molecular formula is C14H18O7. The molecule has 0 N–H and O–H groups in total. The van der Waals surface area contributed by atoms with Crippen molar-refractivity contribution in [2.75, 3.05) is 0 Å². The molecule has 21 heavy (non-hydrogen) atoms. The molecule has 0 spiro atoms. The number of hydrogen-bond acceptors (Lipinski definition) is 7. The molecule has 2 rings (SSSR count). The van der Waals surface area contributed by atoms with Crippen LogP contribution >= 0.6 is 0 Å². The number of ketones is 1. The fourth-order valence-corrected chi connectivity index (χ4v) is 3.32. The van der Waals surface area contributed by atoms with E-state index in [-0.39, 0.29) is 12.2 Å². The van der Waals surface area contributed by atoms with Gasteiger partial charge in [0.05, 0.1) is 0 Å². The van der Waals surface area contributed by atoms with Gasteiger partial charge in [0.15, 0.2) is 11.2 Å². The summed E-state index contributed by atoms with van der Waals surface area (Å²) in [7, 11) is 0. The topological polar surface area (TPSA) is 96.0 Å². The van der Waals surface area contributed by atoms with Crippen LogP contribution in [0, 0.1) is 11.3 Å². The van der Waals surface area contributed by atoms with Crippen molar-refractivity contribution >= 4 is 23.7 Å². The summed E-state index contributed by atoms with van der Waals surface area (Å²) < 4.78 is 15.4. The number of rotatable bonds is 2. The summed E-state index contributed by atoms with van der Waals surface area (Å²) in [5.41, 5.74) is -3.27. The number of carbonyl (C=O) groups excluding carboxylic acids is 4. The SMILES string of the molecule is CC(=O)O[C@H]1OC(=O)[C@@]2(OC(C)=O)[C@H](C)CCC(=O)[C@@]12C. The minimum Gasteiger partial charge on any atom is -0.445 e. The lowest BCUT2D eigenvalue weighted by Crippen LogP contribution is -2.63. The molecule has 4 atom stereocenters. The highest BCUT2D eigenvalue weighted by Crippen LogP contribution is 2.55. The molecule has 0 unspecified atom stereocenters. The Bertz CT molecular complexity index is 525. The van der Waals surface area contributed by atoms with E-state index in [4.69, 9.17) is 14.2 Å². The summed E-state index contributed by atoms with van der Waals surface area (Å²) in [6, 6.07) is 0. The van der Waals surface area contributed by atoms with Gasteiger partial charge in [0.2, 0.25) is 5.60 Å². The van der Waals surface area contributed by atoms with Crippen LogP contribution in [0.5, 0.6) is 0 Å². The van der Waals surface area contributed by atoms with Gasteiger partial charge in [-0.15, -0.1) is 0 Å². The van der Waals surface area contributed by atoms with Gasteiger partial charge in [-0.25, -0.2) is 4.79 Å². The molecule has 2 aliphatic rings. The molecule has 116 valence electrons. The predicted octanol–water partition coefficient (Wildman–Crippen LogP) is 0.740. The Morgan fingerprint density at radius 3 is 2.38 bits per heavy atom. The molecule has 1 heterocycles. The van der Waals surface area contributed by atoms with Gasteiger partial charge in [0.1, 0.15) is 0 Å². The van der Waals surface area contributed by atoms with E-state index >= 15 is 0 Å². The molecule has 0 radical (unpaired) electrons. The molecule has 7 heteroatoms. The number of esters is 3. The Balaban J connectivity index is 2.58. The van der Waals surface area contributed by atoms with Crippen LogP contribution in [0.3, 0.4) is 0 Å². The zero-order valence-electron chi connectivity index (χ0n) is 12.4. The monoisotopic (exact) mass is 298 g/mol. The molecule has 0 amide bonds. The average Bonchev–Trinajstić information content (AvgIpc) is 2.57. The summed E-state index contributed by atoms with van der Waals surface area (Å²) in [5, 5.41) is 0. The molecule has 1 aliphatic heterocycles. The summed E-state index contributed by atoms with van der Waals surface area (Å²) in [6.45, 7) is 5.48. The average molecular weight is 298 g/mol. The van der Waals surface area contributed by atoms with Gasteiger partial charge < -0.3 is 14.2 Å². The Hall–Kier alpha value is -1.92. The fraction of sp³-hybridized carbons (Fsp3) is 0.714. The van der Waals surface area contributed by atoms with Crippen molar-refractivity contribution in [3.8, 4) is 0 Å². The van der Waals surface area contributed by atoms with Crippen molar-refractivity contribution in [2.45, 2.75) is 52.4 Å². The van der Waals surface area contributed by atoms with Crippen molar-refractivity contribution < 1.29 is 33.4 Å². The van der Waals surface area contributed by atoms with E-state index in [1.165, 1.54) is 6.92 Å². The number of cyclic esters (lactones) is 1. The van der Waals surface area contributed by atoms with Gasteiger partial charge in [0, 0.05) is 26.2 Å². The Morgan fingerprint density at radius 1 is 1.24 bits per heavy atom. The maximum Gasteiger partial charge on any atom is 0.355 e. The first-order valence-electron chi connectivity index (χ1n) is 6.77. The van der Waals surface area contributed by atoms with Crippen LogP contribution in [-0.4, -0.2) is 35.6 Å². The van der Waals surface area contributed by atoms with E-state index in [1.54, 1.807) is 6.92 Å². The van der Waals surface area contributed by atoms with E-state index in [0.29, 0.717) is 6.42 Å². The first kappa shape index (κ1) is 15.5. The number of ether oxygens (including phenoxy) is 3. The van der Waals surface area contributed by atoms with Crippen molar-refractivity contribution in [3.63, 3.8) is 0 Å². The highest BCUT2D eigenvalue weighted by atomic mass is 16.7. The normalized spacial score (nSPS) is 38.5. The summed E-state index contributed by atoms with van der Waals surface area (Å²) in [6.07, 6.45) is -0.782. The number of hydrogen-bond donors (Lipinski definition) is 0. The highest BCUT2D eigenvalue weighted by Gasteiger charge is 2.76. The van der Waals surface area contributed by atoms with E-state index in [2.05, 4.69) is 0 Å². The van der Waals surface area contributed by atoms with Crippen LogP contribution in [0.15, 0.2) is 0 Å². The van der Waals surface area contributed by atoms with Crippen LogP contribution in [0.2, 0.25) is 0 Å². The fourth-order valence-electron chi connectivity index (χ4n) is 3.32. The molecule has 0 bridgehead atoms. The number of carbonyl (C=O) groups is 4. The minimum absolute atomic E-state index is 0.203. The maximum absolute atomic E-state index is 12.5. The standard InChI is InChI=1S/C14H18O7/c1-7-5-6-10(17)13(4)12(19-8(2)15)20-11(18)14(7,13)21-9(3)16/h7,12H,5-6H2,1-4H3/t7-,12+,13+,14+/m1/s1. The second kappa shape index (κ2) is 4.82. The van der Waals surface area contributed by atoms with Crippen LogP contribution in [0.4, 0.5) is 0 Å². The van der Waals surface area contributed by atoms with E-state index in [0.717, 1.165) is 13.8 Å². The number of fused-ring (bicyclic) bond motifs is 1. The second-order valence-corrected chi connectivity index (χ2v) is 5.74. The van der Waals surface area contributed by atoms with Crippen LogP contribution < -0.4 is 0 Å². The first-order valence-corrected chi connectivity index (χ1v) is 6.77. The highest BCUT2D eigenvalue weighted by molar-refractivity contribution is 6.00. The first-order chi connectivity index (χ1) is 9.66. The summed E-state index contributed by atoms with van der Waals surface area (Å²) in [5.74, 6) is -2.95. The zero-order valence-corrected chi connectivity index (χ0v) is 12.4. The second-order valence-electron chi connectivity index (χ2n) is 5.74. The molecule has 0 aromatic carbocycles. The molecule has 7 nitrogen and oxygen atoms in total. The van der Waals surface area contributed by atoms with Gasteiger partial charge in [-0.2, -0.15) is 0 Å². The number of Topliss-reactive ketones (excluding diaryl/α,β-unsaturated/α-hetero) is 1. The van der Waals surface area contributed by atoms with Gasteiger partial charge >= 0.3 is 17.9 Å². The lowest BCUT2D eigenvalue weighted by Gasteiger charge is -2.45. The van der Waals surface area contributed by atoms with Gasteiger partial charge in [-0.05, 0) is 13.3 Å². The van der Waals surface area contributed by atoms with Crippen LogP contribution in [0.1, 0.15) is 40.5 Å². The van der Waals surface area contributed by atoms with Crippen molar-refractivity contribution in [3.05, 3.63) is 0 Å². The predicted molar refractivity (Wildman–Crippen MR) is 67.7 cm³/mol. The van der Waals surface area contributed by atoms with Gasteiger partial charge in [-0.1, -0.05) is 6.92 Å². The third kappa shape index (κ3) is 1.94. The molecule has 2 fully saturated rings. The third-order valence-electron chi connectivity index (χ3n) is 4.42. The Morgan fingerprint density at radius 2 is 1.86 bits per heavy atom. The molecule has 1 saturated heterocycles. The van der Waals surface area contributed by atoms with Crippen LogP contribution in [-0.2, 0) is 33.4 Å². The lowest BCUT2D eigenvalue weighted by molar-refractivity contribution is -0.204. The van der Waals surface area contributed by atoms with E-state index in [9.17, 15) is 19.2 Å². The Kier molecular flexibility index (Phi) is 3.55. The zero-order chi connectivity index (χ0) is 16.0. The smallest absolute Gasteiger partial charge is 0.355 e. The van der Waals surface area contributed by atoms with E-state index < -0.39 is 41.1 Å². The minimum atomic E-state index is -1.74. The maximum atomic E-state index is 12.5. The van der Waals surface area contributed by atoms with Crippen molar-refractivity contribution in [1.82, 2.24) is 0 Å². The van der Waals surface area contributed by atoms with Crippen molar-refractivity contribution in [1.29, 1.82) is 0 Å². The summed E-state index contributed by atoms with van der Waals surface area (Å²) in [4.78, 5) is 47.5. The third-order valence-corrected chi connectivity index (χ3v) is 4.42. The largest absolute Gasteiger partial charge is 0.445 e. The molecule has 0 aromatic heterocycles. The molecule has 1 saturated carbocycles. The van der Waals surface area contributed by atoms with Crippen LogP contribution in [0.25, 0.3) is 0 Å². The Labute approximate surface area is 121 Å². The molecular weight excluding hydrogens is 280 g/mol. The molecule has 1 aliphatic carbocycles. The van der Waals surface area contributed by atoms with Gasteiger partial charge in [-0.3, -0.25) is 14.4 Å². The van der Waals surface area contributed by atoms with Crippen molar-refractivity contribution in [2.24, 2.45) is 11.3 Å². The quantitative estimate of drug-likeness (QED) is 0.694. The summed E-state index contributed by atoms with van der Waals surface area (Å²) >= 11 is 0. The van der Waals surface area contributed by atoms with Gasteiger partial charge in [0.25, 0.3) is 6.29 Å². The lowest BCUT2D eigenvalue weighted by atomic mass is 9.59.